The Morgan fingerprint density at radius 1 is 1.32 bits per heavy atom. The molecule has 1 aliphatic heterocycles. The van der Waals surface area contributed by atoms with Crippen LogP contribution in [0.2, 0.25) is 0 Å². The SMILES string of the molecule is Cc1cc(F)c(C2(C)CN=C(N)N2C2CC2)cc1F. The molecule has 0 aromatic heterocycles. The lowest BCUT2D eigenvalue weighted by Crippen LogP contribution is -2.49. The topological polar surface area (TPSA) is 41.6 Å². The van der Waals surface area contributed by atoms with Crippen LogP contribution < -0.4 is 5.73 Å². The van der Waals surface area contributed by atoms with E-state index >= 15 is 0 Å². The summed E-state index contributed by atoms with van der Waals surface area (Å²) in [7, 11) is 0. The Morgan fingerprint density at radius 2 is 2.00 bits per heavy atom. The number of hydrogen-bond donors (Lipinski definition) is 1. The third kappa shape index (κ3) is 1.79. The molecule has 1 aromatic carbocycles. The van der Waals surface area contributed by atoms with Crippen LogP contribution in [-0.2, 0) is 5.54 Å². The fraction of sp³-hybridized carbons (Fsp3) is 0.500. The van der Waals surface area contributed by atoms with Crippen molar-refractivity contribution in [2.75, 3.05) is 6.54 Å². The zero-order chi connectivity index (χ0) is 13.8. The van der Waals surface area contributed by atoms with E-state index in [1.807, 2.05) is 11.8 Å². The number of nitrogens with two attached hydrogens (primary N) is 1. The molecule has 0 spiro atoms. The predicted molar refractivity (Wildman–Crippen MR) is 69.8 cm³/mol. The van der Waals surface area contributed by atoms with Crippen molar-refractivity contribution in [1.29, 1.82) is 0 Å². The second-order valence-corrected chi connectivity index (χ2v) is 5.63. The van der Waals surface area contributed by atoms with Gasteiger partial charge in [0, 0.05) is 11.6 Å². The highest BCUT2D eigenvalue weighted by Crippen LogP contribution is 2.42. The summed E-state index contributed by atoms with van der Waals surface area (Å²) < 4.78 is 28.0. The average Bonchev–Trinajstić information content (AvgIpc) is 3.11. The molecule has 3 rings (SSSR count). The molecule has 1 aliphatic carbocycles. The number of nitrogens with zero attached hydrogens (tertiary/aromatic N) is 2. The van der Waals surface area contributed by atoms with Gasteiger partial charge in [-0.1, -0.05) is 0 Å². The van der Waals surface area contributed by atoms with Crippen LogP contribution in [0.5, 0.6) is 0 Å². The van der Waals surface area contributed by atoms with Crippen molar-refractivity contribution in [3.63, 3.8) is 0 Å². The van der Waals surface area contributed by atoms with Gasteiger partial charge >= 0.3 is 0 Å². The number of hydrogen-bond acceptors (Lipinski definition) is 3. The van der Waals surface area contributed by atoms with E-state index in [1.54, 1.807) is 6.92 Å². The van der Waals surface area contributed by atoms with Gasteiger partial charge in [0.25, 0.3) is 0 Å². The minimum absolute atomic E-state index is 0.306. The second kappa shape index (κ2) is 3.92. The largest absolute Gasteiger partial charge is 0.370 e. The van der Waals surface area contributed by atoms with Gasteiger partial charge in [-0.05, 0) is 44.4 Å². The number of halogens is 2. The average molecular weight is 265 g/mol. The van der Waals surface area contributed by atoms with Gasteiger partial charge < -0.3 is 10.6 Å². The molecule has 3 nitrogen and oxygen atoms in total. The van der Waals surface area contributed by atoms with Crippen LogP contribution in [0.25, 0.3) is 0 Å². The Bertz CT molecular complexity index is 566. The van der Waals surface area contributed by atoms with E-state index in [2.05, 4.69) is 4.99 Å². The number of rotatable bonds is 2. The number of guanidine groups is 1. The van der Waals surface area contributed by atoms with Gasteiger partial charge in [-0.3, -0.25) is 4.99 Å². The van der Waals surface area contributed by atoms with Crippen molar-refractivity contribution in [1.82, 2.24) is 4.90 Å². The summed E-state index contributed by atoms with van der Waals surface area (Å²) in [6, 6.07) is 2.84. The van der Waals surface area contributed by atoms with Gasteiger partial charge in [-0.25, -0.2) is 8.78 Å². The number of aliphatic imine (C=N–C) groups is 1. The smallest absolute Gasteiger partial charge is 0.192 e. The molecule has 1 fully saturated rings. The van der Waals surface area contributed by atoms with Gasteiger partial charge in [0.05, 0.1) is 12.1 Å². The number of aryl methyl sites for hydroxylation is 1. The second-order valence-electron chi connectivity index (χ2n) is 5.63. The Balaban J connectivity index is 2.08. The molecule has 5 heteroatoms. The van der Waals surface area contributed by atoms with Gasteiger partial charge in [-0.15, -0.1) is 0 Å². The summed E-state index contributed by atoms with van der Waals surface area (Å²) in [5.41, 5.74) is 5.89. The minimum atomic E-state index is -0.677. The van der Waals surface area contributed by atoms with Crippen molar-refractivity contribution in [3.05, 3.63) is 34.9 Å². The van der Waals surface area contributed by atoms with Crippen molar-refractivity contribution in [2.45, 2.75) is 38.3 Å². The predicted octanol–water partition coefficient (Wildman–Crippen LogP) is 2.28. The fourth-order valence-corrected chi connectivity index (χ4v) is 2.84. The van der Waals surface area contributed by atoms with Gasteiger partial charge in [0.1, 0.15) is 11.6 Å². The highest BCUT2D eigenvalue weighted by atomic mass is 19.1. The lowest BCUT2D eigenvalue weighted by molar-refractivity contribution is 0.209. The van der Waals surface area contributed by atoms with Gasteiger partial charge in [0.2, 0.25) is 0 Å². The van der Waals surface area contributed by atoms with E-state index in [0.29, 0.717) is 29.7 Å². The van der Waals surface area contributed by atoms with Crippen LogP contribution in [0.15, 0.2) is 17.1 Å². The quantitative estimate of drug-likeness (QED) is 0.891. The summed E-state index contributed by atoms with van der Waals surface area (Å²) >= 11 is 0. The molecule has 0 amide bonds. The van der Waals surface area contributed by atoms with Crippen LogP contribution >= 0.6 is 0 Å². The van der Waals surface area contributed by atoms with E-state index in [0.717, 1.165) is 12.8 Å². The maximum absolute atomic E-state index is 14.2. The molecule has 0 saturated heterocycles. The molecule has 1 unspecified atom stereocenters. The molecule has 0 radical (unpaired) electrons. The first-order valence-corrected chi connectivity index (χ1v) is 6.49. The molecule has 1 aromatic rings. The maximum atomic E-state index is 14.2. The Morgan fingerprint density at radius 3 is 2.63 bits per heavy atom. The van der Waals surface area contributed by atoms with Crippen molar-refractivity contribution < 1.29 is 8.78 Å². The van der Waals surface area contributed by atoms with Gasteiger partial charge in [-0.2, -0.15) is 0 Å². The summed E-state index contributed by atoms with van der Waals surface area (Å²) in [6.45, 7) is 3.80. The van der Waals surface area contributed by atoms with E-state index in [-0.39, 0.29) is 5.82 Å². The van der Waals surface area contributed by atoms with E-state index in [4.69, 9.17) is 5.73 Å². The van der Waals surface area contributed by atoms with Crippen LogP contribution in [0.3, 0.4) is 0 Å². The van der Waals surface area contributed by atoms with E-state index in [9.17, 15) is 8.78 Å². The molecule has 1 atom stereocenters. The molecule has 1 heterocycles. The van der Waals surface area contributed by atoms with E-state index < -0.39 is 11.4 Å². The molecular formula is C14H17F2N3. The van der Waals surface area contributed by atoms with Crippen LogP contribution in [0.1, 0.15) is 30.9 Å². The molecule has 102 valence electrons. The van der Waals surface area contributed by atoms with Crippen LogP contribution in [-0.4, -0.2) is 23.4 Å². The molecule has 2 N–H and O–H groups in total. The third-order valence-electron chi connectivity index (χ3n) is 4.07. The molecule has 19 heavy (non-hydrogen) atoms. The summed E-state index contributed by atoms with van der Waals surface area (Å²) in [4.78, 5) is 6.18. The van der Waals surface area contributed by atoms with Crippen molar-refractivity contribution >= 4 is 5.96 Å². The molecule has 1 saturated carbocycles. The first kappa shape index (κ1) is 12.4. The Hall–Kier alpha value is -1.65. The van der Waals surface area contributed by atoms with Gasteiger partial charge in [0.15, 0.2) is 5.96 Å². The standard InChI is InChI=1S/C14H17F2N3/c1-8-5-12(16)10(6-11(8)15)14(2)7-18-13(17)19(14)9-3-4-9/h5-6,9H,3-4,7H2,1-2H3,(H2,17,18). The molecule has 0 bridgehead atoms. The third-order valence-corrected chi connectivity index (χ3v) is 4.07. The first-order valence-electron chi connectivity index (χ1n) is 6.49. The normalized spacial score (nSPS) is 26.7. The Labute approximate surface area is 111 Å². The zero-order valence-corrected chi connectivity index (χ0v) is 11.1. The fourth-order valence-electron chi connectivity index (χ4n) is 2.84. The van der Waals surface area contributed by atoms with Crippen LogP contribution in [0.4, 0.5) is 8.78 Å². The summed E-state index contributed by atoms with van der Waals surface area (Å²) in [5.74, 6) is -0.346. The maximum Gasteiger partial charge on any atom is 0.192 e. The highest BCUT2D eigenvalue weighted by molar-refractivity contribution is 5.82. The van der Waals surface area contributed by atoms with E-state index in [1.165, 1.54) is 12.1 Å². The minimum Gasteiger partial charge on any atom is -0.370 e. The van der Waals surface area contributed by atoms with Crippen molar-refractivity contribution in [3.8, 4) is 0 Å². The Kier molecular flexibility index (Phi) is 2.56. The highest BCUT2D eigenvalue weighted by Gasteiger charge is 2.48. The lowest BCUT2D eigenvalue weighted by Gasteiger charge is -2.37. The summed E-state index contributed by atoms with van der Waals surface area (Å²) in [5, 5.41) is 0. The lowest BCUT2D eigenvalue weighted by atomic mass is 9.89. The first-order chi connectivity index (χ1) is 8.93. The monoisotopic (exact) mass is 265 g/mol. The zero-order valence-electron chi connectivity index (χ0n) is 11.1. The van der Waals surface area contributed by atoms with Crippen molar-refractivity contribution in [2.24, 2.45) is 10.7 Å². The number of benzene rings is 1. The summed E-state index contributed by atoms with van der Waals surface area (Å²) in [6.07, 6.45) is 2.06. The molecular weight excluding hydrogens is 248 g/mol. The molecule has 2 aliphatic rings. The van der Waals surface area contributed by atoms with Crippen LogP contribution in [0, 0.1) is 18.6 Å².